The third kappa shape index (κ3) is 3.49. The number of benzene rings is 1. The van der Waals surface area contributed by atoms with Crippen molar-refractivity contribution in [3.8, 4) is 11.5 Å². The van der Waals surface area contributed by atoms with Gasteiger partial charge in [-0.2, -0.15) is 0 Å². The molecule has 21 heavy (non-hydrogen) atoms. The number of hydrogen-bond acceptors (Lipinski definition) is 4. The summed E-state index contributed by atoms with van der Waals surface area (Å²) in [4.78, 5) is 4.17. The van der Waals surface area contributed by atoms with Crippen LogP contribution in [-0.2, 0) is 0 Å². The molecule has 5 heteroatoms. The van der Waals surface area contributed by atoms with Crippen molar-refractivity contribution in [2.75, 3.05) is 20.8 Å². The predicted molar refractivity (Wildman–Crippen MR) is 79.3 cm³/mol. The Hall–Kier alpha value is -2.14. The Morgan fingerprint density at radius 1 is 1.19 bits per heavy atom. The van der Waals surface area contributed by atoms with Gasteiger partial charge in [0.1, 0.15) is 17.3 Å². The minimum atomic E-state index is -0.361. The van der Waals surface area contributed by atoms with Crippen molar-refractivity contribution in [1.82, 2.24) is 10.3 Å². The minimum absolute atomic E-state index is 0.342. The quantitative estimate of drug-likeness (QED) is 0.888. The fourth-order valence-electron chi connectivity index (χ4n) is 2.18. The Labute approximate surface area is 123 Å². The zero-order chi connectivity index (χ0) is 15.2. The minimum Gasteiger partial charge on any atom is -0.497 e. The molecule has 0 saturated carbocycles. The van der Waals surface area contributed by atoms with Gasteiger partial charge in [-0.25, -0.2) is 4.39 Å². The summed E-state index contributed by atoms with van der Waals surface area (Å²) in [6.45, 7) is 2.64. The van der Waals surface area contributed by atoms with Crippen LogP contribution in [0.2, 0.25) is 0 Å². The molecular weight excluding hydrogens is 271 g/mol. The van der Waals surface area contributed by atoms with Crippen LogP contribution in [0.25, 0.3) is 0 Å². The van der Waals surface area contributed by atoms with E-state index in [0.29, 0.717) is 23.7 Å². The molecule has 0 aliphatic rings. The second-order valence-electron chi connectivity index (χ2n) is 4.51. The molecule has 0 spiro atoms. The molecule has 1 heterocycles. The van der Waals surface area contributed by atoms with Gasteiger partial charge in [0.2, 0.25) is 0 Å². The third-order valence-corrected chi connectivity index (χ3v) is 3.18. The van der Waals surface area contributed by atoms with E-state index in [1.807, 2.05) is 19.1 Å². The molecule has 0 radical (unpaired) electrons. The zero-order valence-corrected chi connectivity index (χ0v) is 12.4. The van der Waals surface area contributed by atoms with Gasteiger partial charge >= 0.3 is 0 Å². The SMILES string of the molecule is CCNC(c1cc(OC)cc(OC)c1)c1ncccc1F. The van der Waals surface area contributed by atoms with E-state index in [-0.39, 0.29) is 11.9 Å². The van der Waals surface area contributed by atoms with Gasteiger partial charge in [0.15, 0.2) is 0 Å². The summed E-state index contributed by atoms with van der Waals surface area (Å²) in [5.74, 6) is 0.970. The Morgan fingerprint density at radius 2 is 1.86 bits per heavy atom. The maximum absolute atomic E-state index is 14.0. The van der Waals surface area contributed by atoms with Gasteiger partial charge in [0.05, 0.1) is 26.0 Å². The van der Waals surface area contributed by atoms with Crippen LogP contribution in [0.5, 0.6) is 11.5 Å². The van der Waals surface area contributed by atoms with Gasteiger partial charge in [-0.15, -0.1) is 0 Å². The molecule has 1 atom stereocenters. The summed E-state index contributed by atoms with van der Waals surface area (Å²) in [5.41, 5.74) is 1.19. The monoisotopic (exact) mass is 290 g/mol. The predicted octanol–water partition coefficient (Wildman–Crippen LogP) is 2.94. The molecule has 112 valence electrons. The number of aromatic nitrogens is 1. The molecule has 0 amide bonds. The van der Waals surface area contributed by atoms with Crippen molar-refractivity contribution >= 4 is 0 Å². The summed E-state index contributed by atoms with van der Waals surface area (Å²) < 4.78 is 24.6. The summed E-state index contributed by atoms with van der Waals surface area (Å²) in [7, 11) is 3.17. The molecule has 2 rings (SSSR count). The normalized spacial score (nSPS) is 12.0. The maximum atomic E-state index is 14.0. The lowest BCUT2D eigenvalue weighted by Gasteiger charge is -2.20. The van der Waals surface area contributed by atoms with Crippen LogP contribution in [0.4, 0.5) is 4.39 Å². The van der Waals surface area contributed by atoms with E-state index in [4.69, 9.17) is 9.47 Å². The van der Waals surface area contributed by atoms with Crippen LogP contribution in [0.15, 0.2) is 36.5 Å². The van der Waals surface area contributed by atoms with E-state index in [0.717, 1.165) is 5.56 Å². The summed E-state index contributed by atoms with van der Waals surface area (Å²) in [6, 6.07) is 8.10. The highest BCUT2D eigenvalue weighted by Gasteiger charge is 2.19. The Morgan fingerprint density at radius 3 is 2.38 bits per heavy atom. The molecule has 1 unspecified atom stereocenters. The molecule has 0 fully saturated rings. The van der Waals surface area contributed by atoms with E-state index < -0.39 is 0 Å². The highest BCUT2D eigenvalue weighted by molar-refractivity contribution is 5.42. The second-order valence-corrected chi connectivity index (χ2v) is 4.51. The molecule has 1 aromatic carbocycles. The first kappa shape index (κ1) is 15.3. The van der Waals surface area contributed by atoms with Crippen LogP contribution in [0, 0.1) is 5.82 Å². The molecule has 1 N–H and O–H groups in total. The van der Waals surface area contributed by atoms with Gasteiger partial charge < -0.3 is 14.8 Å². The van der Waals surface area contributed by atoms with Crippen molar-refractivity contribution < 1.29 is 13.9 Å². The maximum Gasteiger partial charge on any atom is 0.146 e. The van der Waals surface area contributed by atoms with Crippen molar-refractivity contribution in [3.63, 3.8) is 0 Å². The van der Waals surface area contributed by atoms with Crippen molar-refractivity contribution in [2.24, 2.45) is 0 Å². The lowest BCUT2D eigenvalue weighted by Crippen LogP contribution is -2.24. The van der Waals surface area contributed by atoms with Crippen molar-refractivity contribution in [2.45, 2.75) is 13.0 Å². The van der Waals surface area contributed by atoms with Crippen LogP contribution in [0.3, 0.4) is 0 Å². The molecule has 2 aromatic rings. The highest BCUT2D eigenvalue weighted by Crippen LogP contribution is 2.30. The summed E-state index contributed by atoms with van der Waals surface area (Å²) >= 11 is 0. The van der Waals surface area contributed by atoms with Gasteiger partial charge in [-0.05, 0) is 36.4 Å². The first-order valence-corrected chi connectivity index (χ1v) is 6.76. The van der Waals surface area contributed by atoms with E-state index >= 15 is 0 Å². The topological polar surface area (TPSA) is 43.4 Å². The fourth-order valence-corrected chi connectivity index (χ4v) is 2.18. The van der Waals surface area contributed by atoms with Gasteiger partial charge in [-0.1, -0.05) is 6.92 Å². The lowest BCUT2D eigenvalue weighted by atomic mass is 10.0. The first-order chi connectivity index (χ1) is 10.2. The zero-order valence-electron chi connectivity index (χ0n) is 12.4. The lowest BCUT2D eigenvalue weighted by molar-refractivity contribution is 0.392. The van der Waals surface area contributed by atoms with Crippen LogP contribution in [-0.4, -0.2) is 25.7 Å². The number of hydrogen-bond donors (Lipinski definition) is 1. The number of rotatable bonds is 6. The van der Waals surface area contributed by atoms with E-state index in [1.54, 1.807) is 32.5 Å². The Balaban J connectivity index is 2.50. The third-order valence-electron chi connectivity index (χ3n) is 3.18. The number of methoxy groups -OCH3 is 2. The highest BCUT2D eigenvalue weighted by atomic mass is 19.1. The Bertz CT molecular complexity index is 582. The summed E-state index contributed by atoms with van der Waals surface area (Å²) in [6.07, 6.45) is 1.58. The first-order valence-electron chi connectivity index (χ1n) is 6.76. The number of nitrogens with zero attached hydrogens (tertiary/aromatic N) is 1. The molecule has 0 aliphatic heterocycles. The average Bonchev–Trinajstić information content (AvgIpc) is 2.53. The van der Waals surface area contributed by atoms with E-state index in [9.17, 15) is 4.39 Å². The fraction of sp³-hybridized carbons (Fsp3) is 0.312. The van der Waals surface area contributed by atoms with Crippen LogP contribution in [0.1, 0.15) is 24.2 Å². The molecule has 0 bridgehead atoms. The van der Waals surface area contributed by atoms with E-state index in [2.05, 4.69) is 10.3 Å². The molecular formula is C16H19FN2O2. The number of ether oxygens (including phenoxy) is 2. The van der Waals surface area contributed by atoms with Crippen molar-refractivity contribution in [3.05, 3.63) is 53.6 Å². The smallest absolute Gasteiger partial charge is 0.146 e. The molecule has 0 saturated heterocycles. The molecule has 0 aliphatic carbocycles. The van der Waals surface area contributed by atoms with Crippen molar-refractivity contribution in [1.29, 1.82) is 0 Å². The largest absolute Gasteiger partial charge is 0.497 e. The standard InChI is InChI=1S/C16H19FN2O2/c1-4-18-15(16-14(17)6-5-7-19-16)11-8-12(20-2)10-13(9-11)21-3/h5-10,15,18H,4H2,1-3H3. The van der Waals surface area contributed by atoms with Crippen LogP contribution >= 0.6 is 0 Å². The number of nitrogens with one attached hydrogen (secondary N) is 1. The van der Waals surface area contributed by atoms with Gasteiger partial charge in [0.25, 0.3) is 0 Å². The van der Waals surface area contributed by atoms with Gasteiger partial charge in [-0.3, -0.25) is 4.98 Å². The van der Waals surface area contributed by atoms with Gasteiger partial charge in [0, 0.05) is 12.3 Å². The molecule has 4 nitrogen and oxygen atoms in total. The number of pyridine rings is 1. The average molecular weight is 290 g/mol. The van der Waals surface area contributed by atoms with E-state index in [1.165, 1.54) is 6.07 Å². The second kappa shape index (κ2) is 7.04. The summed E-state index contributed by atoms with van der Waals surface area (Å²) in [5, 5.41) is 3.25. The van der Waals surface area contributed by atoms with Crippen LogP contribution < -0.4 is 14.8 Å². The Kier molecular flexibility index (Phi) is 5.11. The number of halogens is 1. The molecule has 1 aromatic heterocycles.